The molecule has 11 rings (SSSR count). The Bertz CT molecular complexity index is 3440. The van der Waals surface area contributed by atoms with Gasteiger partial charge in [0.05, 0.1) is 22.4 Å². The predicted octanol–water partition coefficient (Wildman–Crippen LogP) is 14.6. The molecule has 0 amide bonds. The van der Waals surface area contributed by atoms with E-state index < -0.39 is 0 Å². The van der Waals surface area contributed by atoms with Gasteiger partial charge in [0, 0.05) is 49.6 Å². The van der Waals surface area contributed by atoms with E-state index in [0.29, 0.717) is 0 Å². The van der Waals surface area contributed by atoms with Crippen molar-refractivity contribution in [3.8, 4) is 39.1 Å². The van der Waals surface area contributed by atoms with Crippen molar-refractivity contribution in [2.45, 2.75) is 12.5 Å². The molecular weight excluding hydrogens is 763 g/mol. The van der Waals surface area contributed by atoms with Crippen LogP contribution in [-0.4, -0.2) is 9.13 Å². The summed E-state index contributed by atoms with van der Waals surface area (Å²) in [6, 6.07) is 70.5. The number of hydrogen-bond acceptors (Lipinski definition) is 1. The zero-order chi connectivity index (χ0) is 42.4. The van der Waals surface area contributed by atoms with Crippen LogP contribution in [0.1, 0.15) is 12.5 Å². The van der Waals surface area contributed by atoms with Crippen LogP contribution in [0.3, 0.4) is 0 Å². The van der Waals surface area contributed by atoms with Gasteiger partial charge in [-0.25, -0.2) is 0 Å². The van der Waals surface area contributed by atoms with Crippen molar-refractivity contribution < 1.29 is 0 Å². The Labute approximate surface area is 368 Å². The van der Waals surface area contributed by atoms with E-state index in [1.807, 2.05) is 12.2 Å². The van der Waals surface area contributed by atoms with Crippen molar-refractivity contribution in [3.05, 3.63) is 242 Å². The van der Waals surface area contributed by atoms with Crippen molar-refractivity contribution in [1.29, 1.82) is 0 Å². The Morgan fingerprint density at radius 2 is 0.952 bits per heavy atom. The van der Waals surface area contributed by atoms with E-state index in [1.165, 1.54) is 65.9 Å². The SMILES string of the molecule is C=C/C=c1\c2n(c3ccc(N(c4ccc(-c5ccc(-c6ccccc6)cc5)cc4)c4ccc(-c5ccc(-n6c7ccccc7c7ccccc76)cc5)cc4)cc13)C(CC=C)C(=C)C=2. The number of aromatic nitrogens is 2. The molecule has 0 spiro atoms. The molecule has 2 aromatic heterocycles. The summed E-state index contributed by atoms with van der Waals surface area (Å²) in [4.78, 5) is 2.36. The summed E-state index contributed by atoms with van der Waals surface area (Å²) in [7, 11) is 0. The smallest absolute Gasteiger partial charge is 0.0621 e. The lowest BCUT2D eigenvalue weighted by atomic mass is 10.00. The summed E-state index contributed by atoms with van der Waals surface area (Å²) in [6.45, 7) is 12.6. The highest BCUT2D eigenvalue weighted by molar-refractivity contribution is 6.09. The van der Waals surface area contributed by atoms with Gasteiger partial charge in [0.2, 0.25) is 0 Å². The largest absolute Gasteiger partial charge is 0.333 e. The van der Waals surface area contributed by atoms with E-state index in [4.69, 9.17) is 0 Å². The molecule has 1 aliphatic rings. The Morgan fingerprint density at radius 3 is 1.49 bits per heavy atom. The minimum atomic E-state index is 0.145. The molecule has 3 heteroatoms. The zero-order valence-corrected chi connectivity index (χ0v) is 35.0. The molecule has 1 aliphatic heterocycles. The summed E-state index contributed by atoms with van der Waals surface area (Å²) >= 11 is 0. The van der Waals surface area contributed by atoms with Crippen LogP contribution in [0.15, 0.2) is 232 Å². The summed E-state index contributed by atoms with van der Waals surface area (Å²) < 4.78 is 4.78. The minimum absolute atomic E-state index is 0.145. The molecule has 1 atom stereocenters. The molecule has 10 aromatic rings. The molecule has 0 saturated heterocycles. The summed E-state index contributed by atoms with van der Waals surface area (Å²) in [5.41, 5.74) is 16.2. The monoisotopic (exact) mass is 807 g/mol. The third-order valence-corrected chi connectivity index (χ3v) is 12.7. The van der Waals surface area contributed by atoms with Crippen LogP contribution in [0.4, 0.5) is 17.1 Å². The van der Waals surface area contributed by atoms with E-state index in [2.05, 4.69) is 240 Å². The normalized spacial score (nSPS) is 13.7. The zero-order valence-electron chi connectivity index (χ0n) is 35.0. The van der Waals surface area contributed by atoms with Crippen LogP contribution in [0.5, 0.6) is 0 Å². The maximum atomic E-state index is 4.41. The Balaban J connectivity index is 0.977. The Morgan fingerprint density at radius 1 is 0.476 bits per heavy atom. The second-order valence-corrected chi connectivity index (χ2v) is 16.3. The fourth-order valence-electron chi connectivity index (χ4n) is 9.66. The van der Waals surface area contributed by atoms with Gasteiger partial charge in [0.1, 0.15) is 0 Å². The van der Waals surface area contributed by atoms with Crippen LogP contribution in [0.25, 0.3) is 83.9 Å². The van der Waals surface area contributed by atoms with Crippen molar-refractivity contribution in [3.63, 3.8) is 0 Å². The molecular formula is C60H45N3. The molecule has 0 N–H and O–H groups in total. The van der Waals surface area contributed by atoms with Gasteiger partial charge in [0.25, 0.3) is 0 Å². The lowest BCUT2D eigenvalue weighted by Gasteiger charge is -2.26. The number of hydrogen-bond donors (Lipinski definition) is 0. The highest BCUT2D eigenvalue weighted by Gasteiger charge is 2.24. The number of para-hydroxylation sites is 2. The number of anilines is 3. The topological polar surface area (TPSA) is 13.1 Å². The molecule has 0 aliphatic carbocycles. The molecule has 0 fully saturated rings. The molecule has 63 heavy (non-hydrogen) atoms. The van der Waals surface area contributed by atoms with Gasteiger partial charge in [-0.1, -0.05) is 159 Å². The predicted molar refractivity (Wildman–Crippen MR) is 269 cm³/mol. The van der Waals surface area contributed by atoms with Crippen molar-refractivity contribution in [1.82, 2.24) is 9.13 Å². The molecule has 3 heterocycles. The van der Waals surface area contributed by atoms with Crippen molar-refractivity contribution in [2.75, 3.05) is 4.90 Å². The van der Waals surface area contributed by atoms with E-state index in [-0.39, 0.29) is 6.04 Å². The lowest BCUT2D eigenvalue weighted by Crippen LogP contribution is -2.26. The first kappa shape index (κ1) is 37.8. The second kappa shape index (κ2) is 15.7. The number of allylic oxidation sites excluding steroid dienone is 3. The average Bonchev–Trinajstić information content (AvgIpc) is 3.96. The summed E-state index contributed by atoms with van der Waals surface area (Å²) in [6.07, 6.45) is 9.05. The van der Waals surface area contributed by atoms with Gasteiger partial charge in [-0.15, -0.1) is 6.58 Å². The fourth-order valence-corrected chi connectivity index (χ4v) is 9.66. The fraction of sp³-hybridized carbons (Fsp3) is 0.0333. The van der Waals surface area contributed by atoms with Crippen LogP contribution < -0.4 is 15.5 Å². The third kappa shape index (κ3) is 6.54. The average molecular weight is 808 g/mol. The first-order valence-electron chi connectivity index (χ1n) is 21.6. The molecule has 3 nitrogen and oxygen atoms in total. The van der Waals surface area contributed by atoms with Crippen LogP contribution in [-0.2, 0) is 0 Å². The lowest BCUT2D eigenvalue weighted by molar-refractivity contribution is 0.625. The van der Waals surface area contributed by atoms with Gasteiger partial charge < -0.3 is 14.0 Å². The molecule has 300 valence electrons. The van der Waals surface area contributed by atoms with Gasteiger partial charge in [-0.05, 0) is 118 Å². The van der Waals surface area contributed by atoms with Gasteiger partial charge in [0.15, 0.2) is 0 Å². The summed E-state index contributed by atoms with van der Waals surface area (Å²) in [5.74, 6) is 0. The minimum Gasteiger partial charge on any atom is -0.333 e. The maximum Gasteiger partial charge on any atom is 0.0621 e. The van der Waals surface area contributed by atoms with Gasteiger partial charge in [-0.3, -0.25) is 0 Å². The molecule has 0 radical (unpaired) electrons. The standard InChI is InChI=1S/C60H45N3/c1-4-13-52-55-40-51(37-38-59(55)63-56(14-5-2)41(3)39-60(52)63)61(48-31-25-45(26-32-48)44-23-21-43(22-24-44)42-15-7-6-8-16-42)49-33-27-46(28-34-49)47-29-35-50(36-30-47)62-57-19-11-9-17-53(57)54-18-10-12-20-58(54)62/h4-13,15-40,56H,1-3,14H2/b52-13-. The first-order valence-corrected chi connectivity index (χ1v) is 21.6. The van der Waals surface area contributed by atoms with E-state index in [0.717, 1.165) is 45.5 Å². The Hall–Kier alpha value is -8.14. The summed E-state index contributed by atoms with van der Waals surface area (Å²) in [5, 5.41) is 6.03. The second-order valence-electron chi connectivity index (χ2n) is 16.3. The van der Waals surface area contributed by atoms with Crippen LogP contribution in [0, 0.1) is 0 Å². The van der Waals surface area contributed by atoms with Crippen LogP contribution in [0.2, 0.25) is 0 Å². The molecule has 1 unspecified atom stereocenters. The van der Waals surface area contributed by atoms with Gasteiger partial charge in [-0.2, -0.15) is 0 Å². The van der Waals surface area contributed by atoms with Crippen molar-refractivity contribution >= 4 is 61.9 Å². The third-order valence-electron chi connectivity index (χ3n) is 12.7. The quantitative estimate of drug-likeness (QED) is 0.125. The van der Waals surface area contributed by atoms with Crippen LogP contribution >= 0.6 is 0 Å². The maximum absolute atomic E-state index is 4.41. The number of rotatable bonds is 10. The number of benzene rings is 8. The highest BCUT2D eigenvalue weighted by Crippen LogP contribution is 2.39. The molecule has 0 bridgehead atoms. The van der Waals surface area contributed by atoms with E-state index >= 15 is 0 Å². The van der Waals surface area contributed by atoms with Crippen molar-refractivity contribution in [2.24, 2.45) is 0 Å². The van der Waals surface area contributed by atoms with Gasteiger partial charge >= 0.3 is 0 Å². The van der Waals surface area contributed by atoms with E-state index in [9.17, 15) is 0 Å². The number of fused-ring (bicyclic) bond motifs is 6. The number of nitrogens with zero attached hydrogens (tertiary/aromatic N) is 3. The molecule has 0 saturated carbocycles. The Kier molecular flexibility index (Phi) is 9.44. The molecule has 8 aromatic carbocycles. The van der Waals surface area contributed by atoms with E-state index in [1.54, 1.807) is 0 Å². The first-order chi connectivity index (χ1) is 31.1. The highest BCUT2D eigenvalue weighted by atomic mass is 15.1.